The van der Waals surface area contributed by atoms with Gasteiger partial charge in [0.15, 0.2) is 11.5 Å². The Morgan fingerprint density at radius 3 is 1.83 bits per heavy atom. The van der Waals surface area contributed by atoms with Gasteiger partial charge >= 0.3 is 0 Å². The lowest BCUT2D eigenvalue weighted by molar-refractivity contribution is -0.133. The Labute approximate surface area is 246 Å². The van der Waals surface area contributed by atoms with Crippen molar-refractivity contribution in [3.05, 3.63) is 83.4 Å². The number of carbonyl (C=O) groups excluding carboxylic acids is 1. The second-order valence-corrected chi connectivity index (χ2v) is 10.3. The predicted molar refractivity (Wildman–Crippen MR) is 158 cm³/mol. The van der Waals surface area contributed by atoms with Gasteiger partial charge in [0.25, 0.3) is 0 Å². The van der Waals surface area contributed by atoms with Crippen LogP contribution in [0, 0.1) is 11.6 Å². The van der Waals surface area contributed by atoms with Crippen LogP contribution < -0.4 is 18.9 Å². The Bertz CT molecular complexity index is 1210. The molecule has 0 aromatic heterocycles. The fourth-order valence-electron chi connectivity index (χ4n) is 5.35. The molecule has 0 bridgehead atoms. The zero-order valence-corrected chi connectivity index (χ0v) is 24.6. The van der Waals surface area contributed by atoms with Crippen LogP contribution in [-0.2, 0) is 4.79 Å². The van der Waals surface area contributed by atoms with Crippen LogP contribution in [0.2, 0.25) is 0 Å². The smallest absolute Gasteiger partial charge is 0.222 e. The highest BCUT2D eigenvalue weighted by atomic mass is 19.1. The van der Waals surface area contributed by atoms with Crippen LogP contribution in [0.4, 0.5) is 8.78 Å². The summed E-state index contributed by atoms with van der Waals surface area (Å²) in [5, 5.41) is 0. The van der Waals surface area contributed by atoms with Crippen molar-refractivity contribution in [1.82, 2.24) is 9.80 Å². The summed E-state index contributed by atoms with van der Waals surface area (Å²) in [5.41, 5.74) is 1.97. The van der Waals surface area contributed by atoms with Gasteiger partial charge in [0.05, 0.1) is 21.3 Å². The first-order valence-electron chi connectivity index (χ1n) is 14.4. The third-order valence-corrected chi connectivity index (χ3v) is 7.72. The molecule has 3 aromatic rings. The second kappa shape index (κ2) is 15.4. The maximum absolute atomic E-state index is 13.5. The lowest BCUT2D eigenvalue weighted by Crippen LogP contribution is -2.49. The summed E-state index contributed by atoms with van der Waals surface area (Å²) >= 11 is 0. The number of ether oxygens (including phenoxy) is 4. The van der Waals surface area contributed by atoms with E-state index < -0.39 is 0 Å². The van der Waals surface area contributed by atoms with Gasteiger partial charge in [0.2, 0.25) is 11.7 Å². The molecule has 0 spiro atoms. The van der Waals surface area contributed by atoms with E-state index in [1.54, 1.807) is 57.7 Å². The maximum Gasteiger partial charge on any atom is 0.222 e. The third kappa shape index (κ3) is 8.35. The minimum Gasteiger partial charge on any atom is -0.493 e. The fraction of sp³-hybridized carbons (Fsp3) is 0.424. The van der Waals surface area contributed by atoms with Gasteiger partial charge in [-0.15, -0.1) is 0 Å². The van der Waals surface area contributed by atoms with Crippen molar-refractivity contribution in [2.45, 2.75) is 31.6 Å². The standard InChI is InChI=1S/C33H40F2N2O5/c1-39-30-22-28(23-31(40-2)33(30)41-3)42-21-20-36-16-18-37(19-17-36)32(38)7-5-4-6-29(24-8-12-26(34)13-9-24)25-10-14-27(35)15-11-25/h8-15,22-23,29H,4-7,16-21H2,1-3H3. The van der Waals surface area contributed by atoms with Gasteiger partial charge in [-0.3, -0.25) is 9.69 Å². The number of unbranched alkanes of at least 4 members (excludes halogenated alkanes) is 1. The minimum atomic E-state index is -0.284. The fourth-order valence-corrected chi connectivity index (χ4v) is 5.35. The minimum absolute atomic E-state index is 0.0205. The molecule has 9 heteroatoms. The Morgan fingerprint density at radius 2 is 1.33 bits per heavy atom. The highest BCUT2D eigenvalue weighted by molar-refractivity contribution is 5.76. The molecule has 0 radical (unpaired) electrons. The van der Waals surface area contributed by atoms with Gasteiger partial charge in [-0.1, -0.05) is 30.7 Å². The summed E-state index contributed by atoms with van der Waals surface area (Å²) in [6, 6.07) is 16.5. The number of rotatable bonds is 14. The van der Waals surface area contributed by atoms with E-state index in [0.717, 1.165) is 50.0 Å². The quantitative estimate of drug-likeness (QED) is 0.221. The van der Waals surface area contributed by atoms with E-state index in [1.807, 2.05) is 4.90 Å². The summed E-state index contributed by atoms with van der Waals surface area (Å²) in [6.45, 7) is 4.21. The number of nitrogens with zero attached hydrogens (tertiary/aromatic N) is 2. The van der Waals surface area contributed by atoms with Crippen molar-refractivity contribution < 1.29 is 32.5 Å². The monoisotopic (exact) mass is 582 g/mol. The van der Waals surface area contributed by atoms with Crippen molar-refractivity contribution in [2.24, 2.45) is 0 Å². The van der Waals surface area contributed by atoms with Crippen molar-refractivity contribution in [3.63, 3.8) is 0 Å². The number of piperazine rings is 1. The number of hydrogen-bond donors (Lipinski definition) is 0. The molecule has 0 aliphatic carbocycles. The van der Waals surface area contributed by atoms with Gasteiger partial charge in [-0.2, -0.15) is 0 Å². The number of halogens is 2. The Balaban J connectivity index is 1.19. The Hall–Kier alpha value is -3.85. The van der Waals surface area contributed by atoms with Crippen LogP contribution in [0.25, 0.3) is 0 Å². The molecule has 4 rings (SSSR count). The van der Waals surface area contributed by atoms with Crippen LogP contribution in [0.3, 0.4) is 0 Å². The molecule has 1 heterocycles. The zero-order valence-electron chi connectivity index (χ0n) is 24.6. The van der Waals surface area contributed by atoms with Gasteiger partial charge in [-0.25, -0.2) is 8.78 Å². The molecule has 226 valence electrons. The molecule has 7 nitrogen and oxygen atoms in total. The first-order chi connectivity index (χ1) is 20.4. The largest absolute Gasteiger partial charge is 0.493 e. The second-order valence-electron chi connectivity index (χ2n) is 10.3. The summed E-state index contributed by atoms with van der Waals surface area (Å²) in [4.78, 5) is 17.1. The van der Waals surface area contributed by atoms with Crippen molar-refractivity contribution in [1.29, 1.82) is 0 Å². The molecule has 0 unspecified atom stereocenters. The average Bonchev–Trinajstić information content (AvgIpc) is 3.02. The van der Waals surface area contributed by atoms with E-state index >= 15 is 0 Å². The van der Waals surface area contributed by atoms with E-state index in [0.29, 0.717) is 49.1 Å². The first kappa shape index (κ1) is 31.1. The Kier molecular flexibility index (Phi) is 11.4. The average molecular weight is 583 g/mol. The molecule has 0 N–H and O–H groups in total. The number of amides is 1. The van der Waals surface area contributed by atoms with E-state index in [4.69, 9.17) is 18.9 Å². The molecule has 0 saturated carbocycles. The maximum atomic E-state index is 13.5. The van der Waals surface area contributed by atoms with E-state index in [1.165, 1.54) is 24.3 Å². The van der Waals surface area contributed by atoms with Crippen LogP contribution in [0.1, 0.15) is 42.7 Å². The molecule has 0 atom stereocenters. The summed E-state index contributed by atoms with van der Waals surface area (Å²) in [5.74, 6) is 1.87. The van der Waals surface area contributed by atoms with E-state index in [-0.39, 0.29) is 23.5 Å². The van der Waals surface area contributed by atoms with Crippen LogP contribution in [-0.4, -0.2) is 76.4 Å². The molecule has 1 saturated heterocycles. The van der Waals surface area contributed by atoms with Gasteiger partial charge in [0.1, 0.15) is 24.0 Å². The molecule has 42 heavy (non-hydrogen) atoms. The lowest BCUT2D eigenvalue weighted by atomic mass is 9.87. The summed E-state index contributed by atoms with van der Waals surface area (Å²) < 4.78 is 49.1. The zero-order chi connectivity index (χ0) is 29.9. The number of benzene rings is 3. The SMILES string of the molecule is COc1cc(OCCN2CCN(C(=O)CCCCC(c3ccc(F)cc3)c3ccc(F)cc3)CC2)cc(OC)c1OC. The molecule has 1 aliphatic heterocycles. The van der Waals surface area contributed by atoms with Crippen LogP contribution in [0.15, 0.2) is 60.7 Å². The Morgan fingerprint density at radius 1 is 0.786 bits per heavy atom. The number of methoxy groups -OCH3 is 3. The topological polar surface area (TPSA) is 60.5 Å². The van der Waals surface area contributed by atoms with Crippen molar-refractivity contribution in [2.75, 3.05) is 60.7 Å². The predicted octanol–water partition coefficient (Wildman–Crippen LogP) is 5.91. The van der Waals surface area contributed by atoms with Crippen LogP contribution >= 0.6 is 0 Å². The highest BCUT2D eigenvalue weighted by Crippen LogP contribution is 2.40. The van der Waals surface area contributed by atoms with E-state index in [9.17, 15) is 13.6 Å². The van der Waals surface area contributed by atoms with Crippen molar-refractivity contribution >= 4 is 5.91 Å². The van der Waals surface area contributed by atoms with Gasteiger partial charge in [-0.05, 0) is 48.2 Å². The number of carbonyl (C=O) groups is 1. The normalized spacial score (nSPS) is 13.7. The highest BCUT2D eigenvalue weighted by Gasteiger charge is 2.22. The molecular formula is C33H40F2N2O5. The van der Waals surface area contributed by atoms with Crippen molar-refractivity contribution in [3.8, 4) is 23.0 Å². The summed E-state index contributed by atoms with van der Waals surface area (Å²) in [6.07, 6.45) is 2.89. The summed E-state index contributed by atoms with van der Waals surface area (Å²) in [7, 11) is 4.70. The first-order valence-corrected chi connectivity index (χ1v) is 14.4. The third-order valence-electron chi connectivity index (χ3n) is 7.72. The molecule has 1 amide bonds. The molecule has 1 aliphatic rings. The lowest BCUT2D eigenvalue weighted by Gasteiger charge is -2.34. The molecular weight excluding hydrogens is 542 g/mol. The molecule has 1 fully saturated rings. The van der Waals surface area contributed by atoms with Gasteiger partial charge in [0, 0.05) is 57.2 Å². The van der Waals surface area contributed by atoms with Crippen LogP contribution in [0.5, 0.6) is 23.0 Å². The van der Waals surface area contributed by atoms with E-state index in [2.05, 4.69) is 4.90 Å². The van der Waals surface area contributed by atoms with Gasteiger partial charge < -0.3 is 23.8 Å². The molecule has 3 aromatic carbocycles. The number of hydrogen-bond acceptors (Lipinski definition) is 6.